The molecule has 5 heteroatoms. The second-order valence-corrected chi connectivity index (χ2v) is 6.11. The Morgan fingerprint density at radius 2 is 2.16 bits per heavy atom. The van der Waals surface area contributed by atoms with Gasteiger partial charge < -0.3 is 4.74 Å². The molecule has 19 heavy (non-hydrogen) atoms. The maximum Gasteiger partial charge on any atom is 0.0767 e. The second kappa shape index (κ2) is 6.37. The minimum Gasteiger partial charge on any atom is -0.376 e. The Labute approximate surface area is 124 Å². The summed E-state index contributed by atoms with van der Waals surface area (Å²) in [6.07, 6.45) is 2.41. The third-order valence-electron chi connectivity index (χ3n) is 3.91. The topological polar surface area (TPSA) is 30.3 Å². The molecule has 108 valence electrons. The highest BCUT2D eigenvalue weighted by Gasteiger charge is 2.27. The maximum absolute atomic E-state index is 5.76. The van der Waals surface area contributed by atoms with Crippen molar-refractivity contribution >= 4 is 15.9 Å². The van der Waals surface area contributed by atoms with Gasteiger partial charge in [0.15, 0.2) is 0 Å². The Morgan fingerprint density at radius 3 is 2.74 bits per heavy atom. The highest BCUT2D eigenvalue weighted by molar-refractivity contribution is 9.10. The Balaban J connectivity index is 2.16. The van der Waals surface area contributed by atoms with E-state index >= 15 is 0 Å². The van der Waals surface area contributed by atoms with E-state index in [4.69, 9.17) is 4.74 Å². The van der Waals surface area contributed by atoms with Crippen LogP contribution in [0.15, 0.2) is 4.47 Å². The molecule has 1 fully saturated rings. The number of halogens is 1. The minimum absolute atomic E-state index is 0.320. The highest BCUT2D eigenvalue weighted by atomic mass is 79.9. The fourth-order valence-electron chi connectivity index (χ4n) is 2.67. The van der Waals surface area contributed by atoms with E-state index in [2.05, 4.69) is 46.7 Å². The standard InChI is InChI=1S/C14H24BrN3O/c1-5-11-9-19-10(3)7-18(11)8-13-14(15)12(6-2)16-17(13)4/h10-11H,5-9H2,1-4H3. The zero-order chi connectivity index (χ0) is 14.0. The average Bonchev–Trinajstić information content (AvgIpc) is 2.66. The van der Waals surface area contributed by atoms with Crippen LogP contribution in [0.1, 0.15) is 38.6 Å². The van der Waals surface area contributed by atoms with Crippen molar-refractivity contribution in [1.82, 2.24) is 14.7 Å². The normalized spacial score (nSPS) is 24.9. The van der Waals surface area contributed by atoms with Crippen molar-refractivity contribution in [2.75, 3.05) is 13.2 Å². The molecular weight excluding hydrogens is 306 g/mol. The molecule has 1 aromatic rings. The second-order valence-electron chi connectivity index (χ2n) is 5.32. The van der Waals surface area contributed by atoms with E-state index in [1.807, 2.05) is 11.7 Å². The van der Waals surface area contributed by atoms with Gasteiger partial charge in [0.1, 0.15) is 0 Å². The third-order valence-corrected chi connectivity index (χ3v) is 4.82. The molecular formula is C14H24BrN3O. The van der Waals surface area contributed by atoms with Crippen LogP contribution >= 0.6 is 15.9 Å². The Kier molecular flexibility index (Phi) is 5.03. The minimum atomic E-state index is 0.320. The molecule has 2 rings (SSSR count). The molecule has 0 aliphatic carbocycles. The Hall–Kier alpha value is -0.390. The number of aromatic nitrogens is 2. The lowest BCUT2D eigenvalue weighted by molar-refractivity contribution is -0.0599. The summed E-state index contributed by atoms with van der Waals surface area (Å²) in [6.45, 7) is 9.30. The number of morpholine rings is 1. The first-order chi connectivity index (χ1) is 9.06. The van der Waals surface area contributed by atoms with Crippen molar-refractivity contribution in [2.45, 2.75) is 52.3 Å². The maximum atomic E-state index is 5.76. The van der Waals surface area contributed by atoms with Crippen molar-refractivity contribution < 1.29 is 4.74 Å². The summed E-state index contributed by atoms with van der Waals surface area (Å²) in [4.78, 5) is 2.52. The van der Waals surface area contributed by atoms with E-state index in [0.29, 0.717) is 12.1 Å². The van der Waals surface area contributed by atoms with E-state index < -0.39 is 0 Å². The molecule has 0 aromatic carbocycles. The molecule has 1 aliphatic heterocycles. The summed E-state index contributed by atoms with van der Waals surface area (Å²) in [5, 5.41) is 4.58. The zero-order valence-corrected chi connectivity index (χ0v) is 13.9. The van der Waals surface area contributed by atoms with E-state index in [0.717, 1.165) is 38.2 Å². The van der Waals surface area contributed by atoms with Crippen LogP contribution in [0.4, 0.5) is 0 Å². The van der Waals surface area contributed by atoms with Crippen LogP contribution in [-0.4, -0.2) is 40.0 Å². The van der Waals surface area contributed by atoms with Crippen LogP contribution in [0.3, 0.4) is 0 Å². The van der Waals surface area contributed by atoms with Crippen molar-refractivity contribution in [3.63, 3.8) is 0 Å². The number of nitrogens with zero attached hydrogens (tertiary/aromatic N) is 3. The molecule has 2 atom stereocenters. The lowest BCUT2D eigenvalue weighted by Gasteiger charge is -2.38. The molecule has 2 heterocycles. The van der Waals surface area contributed by atoms with Crippen LogP contribution in [0.2, 0.25) is 0 Å². The molecule has 1 saturated heterocycles. The predicted octanol–water partition coefficient (Wildman–Crippen LogP) is 2.74. The molecule has 1 aromatic heterocycles. The molecule has 0 N–H and O–H groups in total. The van der Waals surface area contributed by atoms with Crippen LogP contribution in [0.25, 0.3) is 0 Å². The summed E-state index contributed by atoms with van der Waals surface area (Å²) in [7, 11) is 2.03. The van der Waals surface area contributed by atoms with Crippen LogP contribution in [0, 0.1) is 0 Å². The molecule has 0 bridgehead atoms. The van der Waals surface area contributed by atoms with Crippen molar-refractivity contribution in [2.24, 2.45) is 7.05 Å². The van der Waals surface area contributed by atoms with Gasteiger partial charge >= 0.3 is 0 Å². The van der Waals surface area contributed by atoms with Gasteiger partial charge in [-0.15, -0.1) is 0 Å². The first kappa shape index (κ1) is 15.0. The van der Waals surface area contributed by atoms with E-state index in [9.17, 15) is 0 Å². The molecule has 1 aliphatic rings. The quantitative estimate of drug-likeness (QED) is 0.850. The molecule has 0 saturated carbocycles. The van der Waals surface area contributed by atoms with Gasteiger partial charge in [0.2, 0.25) is 0 Å². The Morgan fingerprint density at radius 1 is 1.42 bits per heavy atom. The fourth-order valence-corrected chi connectivity index (χ4v) is 3.41. The van der Waals surface area contributed by atoms with Gasteiger partial charge in [-0.25, -0.2) is 0 Å². The van der Waals surface area contributed by atoms with E-state index in [-0.39, 0.29) is 0 Å². The summed E-state index contributed by atoms with van der Waals surface area (Å²) in [6, 6.07) is 0.517. The predicted molar refractivity (Wildman–Crippen MR) is 80.2 cm³/mol. The van der Waals surface area contributed by atoms with Gasteiger partial charge in [-0.05, 0) is 35.7 Å². The smallest absolute Gasteiger partial charge is 0.0767 e. The molecule has 0 radical (unpaired) electrons. The third kappa shape index (κ3) is 3.20. The first-order valence-corrected chi connectivity index (χ1v) is 7.91. The summed E-state index contributed by atoms with van der Waals surface area (Å²) in [5.41, 5.74) is 2.41. The highest BCUT2D eigenvalue weighted by Crippen LogP contribution is 2.25. The molecule has 0 spiro atoms. The zero-order valence-electron chi connectivity index (χ0n) is 12.3. The summed E-state index contributed by atoms with van der Waals surface area (Å²) < 4.78 is 8.94. The van der Waals surface area contributed by atoms with E-state index in [1.165, 1.54) is 10.2 Å². The largest absolute Gasteiger partial charge is 0.376 e. The van der Waals surface area contributed by atoms with Gasteiger partial charge in [0.25, 0.3) is 0 Å². The van der Waals surface area contributed by atoms with Crippen molar-refractivity contribution in [3.8, 4) is 0 Å². The number of ether oxygens (including phenoxy) is 1. The Bertz CT molecular complexity index is 433. The average molecular weight is 330 g/mol. The SMILES string of the molecule is CCc1nn(C)c(CN2CC(C)OCC2CC)c1Br. The molecule has 0 amide bonds. The molecule has 2 unspecified atom stereocenters. The number of hydrogen-bond acceptors (Lipinski definition) is 3. The van der Waals surface area contributed by atoms with E-state index in [1.54, 1.807) is 0 Å². The van der Waals surface area contributed by atoms with Crippen LogP contribution in [-0.2, 0) is 24.8 Å². The fraction of sp³-hybridized carbons (Fsp3) is 0.786. The first-order valence-electron chi connectivity index (χ1n) is 7.12. The number of hydrogen-bond donors (Lipinski definition) is 0. The van der Waals surface area contributed by atoms with Crippen molar-refractivity contribution in [3.05, 3.63) is 15.9 Å². The summed E-state index contributed by atoms with van der Waals surface area (Å²) >= 11 is 3.70. The van der Waals surface area contributed by atoms with Gasteiger partial charge in [-0.3, -0.25) is 9.58 Å². The number of aryl methyl sites for hydroxylation is 2. The van der Waals surface area contributed by atoms with Gasteiger partial charge in [-0.1, -0.05) is 13.8 Å². The van der Waals surface area contributed by atoms with Crippen LogP contribution in [0.5, 0.6) is 0 Å². The number of rotatable bonds is 4. The van der Waals surface area contributed by atoms with Gasteiger partial charge in [-0.2, -0.15) is 5.10 Å². The molecule has 4 nitrogen and oxygen atoms in total. The lowest BCUT2D eigenvalue weighted by atomic mass is 10.1. The van der Waals surface area contributed by atoms with Crippen LogP contribution < -0.4 is 0 Å². The monoisotopic (exact) mass is 329 g/mol. The van der Waals surface area contributed by atoms with Gasteiger partial charge in [0.05, 0.1) is 28.6 Å². The van der Waals surface area contributed by atoms with Crippen molar-refractivity contribution in [1.29, 1.82) is 0 Å². The van der Waals surface area contributed by atoms with Gasteiger partial charge in [0, 0.05) is 26.2 Å². The lowest BCUT2D eigenvalue weighted by Crippen LogP contribution is -2.48. The summed E-state index contributed by atoms with van der Waals surface area (Å²) in [5.74, 6) is 0.